The van der Waals surface area contributed by atoms with Crippen LogP contribution in [0.2, 0.25) is 0 Å². The van der Waals surface area contributed by atoms with Crippen molar-refractivity contribution in [2.75, 3.05) is 17.9 Å². The summed E-state index contributed by atoms with van der Waals surface area (Å²) < 4.78 is 121. The average Bonchev–Trinajstić information content (AvgIpc) is 2.76. The van der Waals surface area contributed by atoms with Gasteiger partial charge in [-0.3, -0.25) is 9.10 Å². The van der Waals surface area contributed by atoms with Crippen molar-refractivity contribution in [1.82, 2.24) is 5.32 Å². The van der Waals surface area contributed by atoms with Crippen LogP contribution in [0, 0.1) is 5.82 Å². The van der Waals surface area contributed by atoms with Crippen molar-refractivity contribution in [2.45, 2.75) is 39.4 Å². The standard InChI is InChI=1S/C20H17F7N2O4S2/c1-28-17(30)9-13-10-29(35(32,33)14-5-3-12(21)4-6-14)15-7-2-11(8-16(15)34-13)18(31,19(22,23)24)20(25,26)27/h2-8,13,31H,9-10H2,1H3,(H,28,30). The number of rotatable bonds is 5. The smallest absolute Gasteiger partial charge is 0.369 e. The summed E-state index contributed by atoms with van der Waals surface area (Å²) in [4.78, 5) is 11.2. The van der Waals surface area contributed by atoms with Crippen LogP contribution in [0.5, 0.6) is 0 Å². The Morgan fingerprint density at radius 2 is 1.66 bits per heavy atom. The predicted octanol–water partition coefficient (Wildman–Crippen LogP) is 3.94. The minimum atomic E-state index is -6.14. The third-order valence-electron chi connectivity index (χ3n) is 5.22. The molecule has 0 spiro atoms. The number of fused-ring (bicyclic) bond motifs is 1. The summed E-state index contributed by atoms with van der Waals surface area (Å²) in [5.74, 6) is -1.29. The normalized spacial score (nSPS) is 17.2. The highest BCUT2D eigenvalue weighted by atomic mass is 32.2. The first-order valence-electron chi connectivity index (χ1n) is 9.68. The molecule has 1 unspecified atom stereocenters. The lowest BCUT2D eigenvalue weighted by Crippen LogP contribution is -2.54. The zero-order valence-electron chi connectivity index (χ0n) is 17.6. The number of halogens is 7. The Morgan fingerprint density at radius 1 is 1.09 bits per heavy atom. The van der Waals surface area contributed by atoms with E-state index in [4.69, 9.17) is 0 Å². The van der Waals surface area contributed by atoms with E-state index in [-0.39, 0.29) is 28.4 Å². The molecule has 15 heteroatoms. The van der Waals surface area contributed by atoms with Gasteiger partial charge in [-0.15, -0.1) is 11.8 Å². The van der Waals surface area contributed by atoms with Crippen LogP contribution in [0.3, 0.4) is 0 Å². The molecule has 1 atom stereocenters. The van der Waals surface area contributed by atoms with Crippen molar-refractivity contribution < 1.29 is 49.1 Å². The molecule has 6 nitrogen and oxygen atoms in total. The van der Waals surface area contributed by atoms with Gasteiger partial charge in [-0.25, -0.2) is 12.8 Å². The molecule has 1 aliphatic rings. The molecular weight excluding hydrogens is 529 g/mol. The quantitative estimate of drug-likeness (QED) is 0.555. The maximum atomic E-state index is 13.4. The molecule has 0 saturated heterocycles. The summed E-state index contributed by atoms with van der Waals surface area (Å²) in [6.07, 6.45) is -12.6. The predicted molar refractivity (Wildman–Crippen MR) is 112 cm³/mol. The lowest BCUT2D eigenvalue weighted by molar-refractivity contribution is -0.376. The van der Waals surface area contributed by atoms with Crippen molar-refractivity contribution in [3.8, 4) is 0 Å². The van der Waals surface area contributed by atoms with Gasteiger partial charge in [0, 0.05) is 35.7 Å². The zero-order valence-corrected chi connectivity index (χ0v) is 19.2. The summed E-state index contributed by atoms with van der Waals surface area (Å²) in [6.45, 7) is -0.354. The highest BCUT2D eigenvalue weighted by Gasteiger charge is 2.71. The van der Waals surface area contributed by atoms with E-state index in [0.717, 1.165) is 34.6 Å². The van der Waals surface area contributed by atoms with Crippen LogP contribution >= 0.6 is 11.8 Å². The van der Waals surface area contributed by atoms with Crippen LogP contribution in [-0.2, 0) is 20.4 Å². The molecule has 0 aromatic heterocycles. The number of aliphatic hydroxyl groups is 1. The Hall–Kier alpha value is -2.52. The number of nitrogens with zero attached hydrogens (tertiary/aromatic N) is 1. The minimum absolute atomic E-state index is 0.261. The Kier molecular flexibility index (Phi) is 7.09. The topological polar surface area (TPSA) is 86.7 Å². The number of anilines is 1. The molecule has 3 rings (SSSR count). The Bertz CT molecular complexity index is 1200. The maximum Gasteiger partial charge on any atom is 0.430 e. The molecule has 192 valence electrons. The number of amides is 1. The van der Waals surface area contributed by atoms with Crippen LogP contribution in [-0.4, -0.2) is 50.6 Å². The summed E-state index contributed by atoms with van der Waals surface area (Å²) in [5.41, 5.74) is -7.05. The zero-order chi connectivity index (χ0) is 26.4. The molecule has 1 amide bonds. The van der Waals surface area contributed by atoms with Crippen molar-refractivity contribution in [3.05, 3.63) is 53.8 Å². The number of nitrogens with one attached hydrogen (secondary N) is 1. The van der Waals surface area contributed by atoms with E-state index in [1.54, 1.807) is 0 Å². The lowest BCUT2D eigenvalue weighted by atomic mass is 9.92. The molecule has 2 N–H and O–H groups in total. The summed E-state index contributed by atoms with van der Waals surface area (Å²) in [6, 6.07) is 5.09. The fraction of sp³-hybridized carbons (Fsp3) is 0.350. The van der Waals surface area contributed by atoms with Crippen LogP contribution in [0.4, 0.5) is 36.4 Å². The Balaban J connectivity index is 2.18. The minimum Gasteiger partial charge on any atom is -0.369 e. The second-order valence-corrected chi connectivity index (χ2v) is 10.7. The number of hydrogen-bond acceptors (Lipinski definition) is 5. The van der Waals surface area contributed by atoms with Gasteiger partial charge in [-0.2, -0.15) is 26.3 Å². The second kappa shape index (κ2) is 9.17. The SMILES string of the molecule is CNC(=O)CC1CN(S(=O)(=O)c2ccc(F)cc2)c2ccc(C(O)(C(F)(F)F)C(F)(F)F)cc2S1. The fourth-order valence-electron chi connectivity index (χ4n) is 3.40. The second-order valence-electron chi connectivity index (χ2n) is 7.50. The van der Waals surface area contributed by atoms with Crippen LogP contribution < -0.4 is 9.62 Å². The van der Waals surface area contributed by atoms with Gasteiger partial charge in [0.15, 0.2) is 0 Å². The van der Waals surface area contributed by atoms with Crippen molar-refractivity contribution in [3.63, 3.8) is 0 Å². The van der Waals surface area contributed by atoms with Gasteiger partial charge in [0.05, 0.1) is 10.6 Å². The van der Waals surface area contributed by atoms with Gasteiger partial charge < -0.3 is 10.4 Å². The molecule has 0 aliphatic carbocycles. The molecule has 0 fully saturated rings. The fourth-order valence-corrected chi connectivity index (χ4v) is 6.40. The first-order valence-corrected chi connectivity index (χ1v) is 12.0. The third-order valence-corrected chi connectivity index (χ3v) is 8.25. The van der Waals surface area contributed by atoms with Crippen LogP contribution in [0.25, 0.3) is 0 Å². The summed E-state index contributed by atoms with van der Waals surface area (Å²) in [5, 5.41) is 11.1. The molecule has 1 heterocycles. The van der Waals surface area contributed by atoms with E-state index in [1.165, 1.54) is 7.05 Å². The van der Waals surface area contributed by atoms with E-state index < -0.39 is 50.5 Å². The van der Waals surface area contributed by atoms with E-state index in [0.29, 0.717) is 23.9 Å². The number of sulfonamides is 1. The van der Waals surface area contributed by atoms with Gasteiger partial charge >= 0.3 is 12.4 Å². The molecule has 0 bridgehead atoms. The first-order chi connectivity index (χ1) is 16.0. The van der Waals surface area contributed by atoms with Gasteiger partial charge in [0.25, 0.3) is 15.6 Å². The largest absolute Gasteiger partial charge is 0.430 e. The third kappa shape index (κ3) is 4.93. The van der Waals surface area contributed by atoms with Gasteiger partial charge in [0.2, 0.25) is 5.91 Å². The molecule has 35 heavy (non-hydrogen) atoms. The number of benzene rings is 2. The molecule has 2 aromatic rings. The van der Waals surface area contributed by atoms with Crippen LogP contribution in [0.1, 0.15) is 12.0 Å². The average molecular weight is 546 g/mol. The van der Waals surface area contributed by atoms with Crippen molar-refractivity contribution in [1.29, 1.82) is 0 Å². The Morgan fingerprint density at radius 3 is 2.17 bits per heavy atom. The van der Waals surface area contributed by atoms with E-state index >= 15 is 0 Å². The molecule has 1 aliphatic heterocycles. The number of hydrogen-bond donors (Lipinski definition) is 2. The lowest BCUT2D eigenvalue weighted by Gasteiger charge is -2.37. The van der Waals surface area contributed by atoms with Gasteiger partial charge in [-0.1, -0.05) is 6.07 Å². The van der Waals surface area contributed by atoms with Crippen molar-refractivity contribution >= 4 is 33.4 Å². The molecule has 0 radical (unpaired) electrons. The van der Waals surface area contributed by atoms with E-state index in [1.807, 2.05) is 0 Å². The van der Waals surface area contributed by atoms with E-state index in [2.05, 4.69) is 5.32 Å². The molecule has 2 aromatic carbocycles. The number of thioether (sulfide) groups is 1. The maximum absolute atomic E-state index is 13.4. The van der Waals surface area contributed by atoms with Crippen LogP contribution in [0.15, 0.2) is 52.3 Å². The number of carbonyl (C=O) groups excluding carboxylic acids is 1. The first kappa shape index (κ1) is 27.1. The van der Waals surface area contributed by atoms with E-state index in [9.17, 15) is 49.1 Å². The Labute approximate surface area is 199 Å². The van der Waals surface area contributed by atoms with Gasteiger partial charge in [-0.05, 0) is 36.4 Å². The highest BCUT2D eigenvalue weighted by Crippen LogP contribution is 2.52. The summed E-state index contributed by atoms with van der Waals surface area (Å²) in [7, 11) is -3.16. The molecular formula is C20H17F7N2O4S2. The van der Waals surface area contributed by atoms with Gasteiger partial charge in [0.1, 0.15) is 5.82 Å². The number of alkyl halides is 6. The molecule has 0 saturated carbocycles. The number of carbonyl (C=O) groups is 1. The monoisotopic (exact) mass is 546 g/mol. The highest BCUT2D eigenvalue weighted by molar-refractivity contribution is 8.00. The summed E-state index contributed by atoms with van der Waals surface area (Å²) >= 11 is 0.697. The van der Waals surface area contributed by atoms with Crippen molar-refractivity contribution in [2.24, 2.45) is 0 Å².